The molecule has 0 fully saturated rings. The van der Waals surface area contributed by atoms with Crippen LogP contribution in [0.3, 0.4) is 0 Å². The maximum absolute atomic E-state index is 12.3. The summed E-state index contributed by atoms with van der Waals surface area (Å²) in [5, 5.41) is 0.326. The molecule has 27 heavy (non-hydrogen) atoms. The van der Waals surface area contributed by atoms with Crippen molar-refractivity contribution in [3.8, 4) is 33.2 Å². The van der Waals surface area contributed by atoms with Crippen molar-refractivity contribution in [2.75, 3.05) is 19.8 Å². The highest BCUT2D eigenvalue weighted by atomic mass is 79.9. The molecule has 0 spiro atoms. The second-order valence-electron chi connectivity index (χ2n) is 5.76. The fourth-order valence-corrected chi connectivity index (χ4v) is 4.30. The molecule has 0 bridgehead atoms. The second kappa shape index (κ2) is 7.70. The minimum atomic E-state index is -0.417. The normalized spacial score (nSPS) is 12.7. The van der Waals surface area contributed by atoms with Crippen LogP contribution in [0.1, 0.15) is 16.7 Å². The quantitative estimate of drug-likeness (QED) is 0.517. The lowest BCUT2D eigenvalue weighted by Gasteiger charge is -2.19. The number of carbonyl (C=O) groups excluding carboxylic acids is 1. The van der Waals surface area contributed by atoms with Crippen molar-refractivity contribution in [3.63, 3.8) is 0 Å². The molecule has 138 valence electrons. The number of benzene rings is 2. The number of rotatable bonds is 4. The van der Waals surface area contributed by atoms with Crippen LogP contribution in [0.25, 0.3) is 21.7 Å². The fraction of sp³-hybridized carbons (Fsp3) is 0.200. The average molecular weight is 446 g/mol. The van der Waals surface area contributed by atoms with Gasteiger partial charge in [0.05, 0.1) is 17.2 Å². The molecule has 0 N–H and O–H groups in total. The van der Waals surface area contributed by atoms with Crippen LogP contribution in [-0.2, 0) is 4.74 Å². The summed E-state index contributed by atoms with van der Waals surface area (Å²) >= 11 is 4.93. The van der Waals surface area contributed by atoms with Gasteiger partial charge in [0, 0.05) is 10.0 Å². The molecule has 5 nitrogen and oxygen atoms in total. The van der Waals surface area contributed by atoms with Gasteiger partial charge < -0.3 is 14.2 Å². The van der Waals surface area contributed by atoms with Gasteiger partial charge in [0.25, 0.3) is 0 Å². The van der Waals surface area contributed by atoms with E-state index in [0.717, 1.165) is 20.5 Å². The van der Waals surface area contributed by atoms with Gasteiger partial charge in [-0.1, -0.05) is 30.3 Å². The maximum Gasteiger partial charge on any atom is 0.367 e. The molecule has 1 aliphatic rings. The maximum atomic E-state index is 12.3. The third kappa shape index (κ3) is 3.57. The number of carbonyl (C=O) groups is 1. The third-order valence-electron chi connectivity index (χ3n) is 4.00. The first-order valence-electron chi connectivity index (χ1n) is 8.50. The molecule has 4 rings (SSSR count). The van der Waals surface area contributed by atoms with Crippen LogP contribution in [0.5, 0.6) is 11.5 Å². The molecule has 1 aliphatic heterocycles. The zero-order valence-corrected chi connectivity index (χ0v) is 16.9. The number of hydrogen-bond donors (Lipinski definition) is 0. The van der Waals surface area contributed by atoms with Crippen LogP contribution in [0.2, 0.25) is 0 Å². The summed E-state index contributed by atoms with van der Waals surface area (Å²) < 4.78 is 17.3. The Bertz CT molecular complexity index is 987. The molecule has 2 heterocycles. The Hall–Kier alpha value is -2.38. The molecule has 2 aromatic carbocycles. The summed E-state index contributed by atoms with van der Waals surface area (Å²) in [5.41, 5.74) is 2.53. The molecule has 1 aromatic heterocycles. The van der Waals surface area contributed by atoms with Gasteiger partial charge in [-0.25, -0.2) is 9.78 Å². The first kappa shape index (κ1) is 18.0. The van der Waals surface area contributed by atoms with Crippen LogP contribution < -0.4 is 9.47 Å². The van der Waals surface area contributed by atoms with Gasteiger partial charge in [0.15, 0.2) is 11.5 Å². The van der Waals surface area contributed by atoms with Crippen LogP contribution >= 0.6 is 27.3 Å². The van der Waals surface area contributed by atoms with Gasteiger partial charge in [0.1, 0.15) is 13.2 Å². The summed E-state index contributed by atoms with van der Waals surface area (Å²) in [6, 6.07) is 13.6. The molecule has 0 atom stereocenters. The van der Waals surface area contributed by atoms with E-state index in [1.54, 1.807) is 6.92 Å². The number of hydrogen-bond acceptors (Lipinski definition) is 6. The zero-order chi connectivity index (χ0) is 18.8. The van der Waals surface area contributed by atoms with Gasteiger partial charge in [-0.05, 0) is 40.5 Å². The van der Waals surface area contributed by atoms with Crippen molar-refractivity contribution >= 4 is 33.2 Å². The molecular weight excluding hydrogens is 430 g/mol. The van der Waals surface area contributed by atoms with Crippen molar-refractivity contribution in [2.24, 2.45) is 0 Å². The van der Waals surface area contributed by atoms with E-state index < -0.39 is 5.97 Å². The number of fused-ring (bicyclic) bond motifs is 1. The molecule has 0 amide bonds. The Labute approximate surface area is 169 Å². The van der Waals surface area contributed by atoms with Crippen molar-refractivity contribution in [3.05, 3.63) is 51.9 Å². The second-order valence-corrected chi connectivity index (χ2v) is 7.61. The number of aromatic nitrogens is 1. The van der Waals surface area contributed by atoms with Gasteiger partial charge in [-0.2, -0.15) is 0 Å². The topological polar surface area (TPSA) is 57.7 Å². The summed E-state index contributed by atoms with van der Waals surface area (Å²) in [4.78, 5) is 17.8. The van der Waals surface area contributed by atoms with Crippen molar-refractivity contribution in [1.29, 1.82) is 0 Å². The van der Waals surface area contributed by atoms with Crippen LogP contribution in [-0.4, -0.2) is 30.8 Å². The Kier molecular flexibility index (Phi) is 5.13. The SMILES string of the molecule is CCOC(=O)c1nc(-c2cc3c(cc2Br)OCCO3)c(-c2ccccc2)s1. The Morgan fingerprint density at radius 2 is 1.89 bits per heavy atom. The monoisotopic (exact) mass is 445 g/mol. The van der Waals surface area contributed by atoms with E-state index in [2.05, 4.69) is 20.9 Å². The molecule has 0 saturated heterocycles. The van der Waals surface area contributed by atoms with E-state index in [-0.39, 0.29) is 0 Å². The molecule has 0 aliphatic carbocycles. The number of halogens is 1. The highest BCUT2D eigenvalue weighted by Gasteiger charge is 2.23. The largest absolute Gasteiger partial charge is 0.486 e. The van der Waals surface area contributed by atoms with Crippen LogP contribution in [0, 0.1) is 0 Å². The minimum absolute atomic E-state index is 0.308. The first-order chi connectivity index (χ1) is 13.2. The molecule has 3 aromatic rings. The molecule has 0 saturated carbocycles. The smallest absolute Gasteiger partial charge is 0.367 e. The predicted octanol–water partition coefficient (Wildman–Crippen LogP) is 5.19. The third-order valence-corrected chi connectivity index (χ3v) is 5.74. The van der Waals surface area contributed by atoms with Crippen molar-refractivity contribution < 1.29 is 19.0 Å². The van der Waals surface area contributed by atoms with Gasteiger partial charge >= 0.3 is 5.97 Å². The lowest BCUT2D eigenvalue weighted by atomic mass is 10.1. The van der Waals surface area contributed by atoms with Crippen molar-refractivity contribution in [2.45, 2.75) is 6.92 Å². The molecule has 7 heteroatoms. The molecular formula is C20H16BrNO4S. The average Bonchev–Trinajstić information content (AvgIpc) is 3.13. The Balaban J connectivity index is 1.88. The summed E-state index contributed by atoms with van der Waals surface area (Å²) in [6.45, 7) is 3.12. The Morgan fingerprint density at radius 3 is 2.59 bits per heavy atom. The van der Waals surface area contributed by atoms with Crippen LogP contribution in [0.4, 0.5) is 0 Å². The van der Waals surface area contributed by atoms with E-state index in [1.165, 1.54) is 11.3 Å². The van der Waals surface area contributed by atoms with E-state index >= 15 is 0 Å². The summed E-state index contributed by atoms with van der Waals surface area (Å²) in [5.74, 6) is 0.947. The van der Waals surface area contributed by atoms with Crippen molar-refractivity contribution in [1.82, 2.24) is 4.98 Å². The number of esters is 1. The van der Waals surface area contributed by atoms with E-state index in [9.17, 15) is 4.79 Å². The van der Waals surface area contributed by atoms with E-state index in [1.807, 2.05) is 42.5 Å². The van der Waals surface area contributed by atoms with Gasteiger partial charge in [-0.3, -0.25) is 0 Å². The lowest BCUT2D eigenvalue weighted by molar-refractivity contribution is 0.0526. The minimum Gasteiger partial charge on any atom is -0.486 e. The fourth-order valence-electron chi connectivity index (χ4n) is 2.81. The standard InChI is InChI=1S/C20H16BrNO4S/c1-2-24-20(23)19-22-17(18(27-19)12-6-4-3-5-7-12)13-10-15-16(11-14(13)21)26-9-8-25-15/h3-7,10-11H,2,8-9H2,1H3. The summed E-state index contributed by atoms with van der Waals surface area (Å²) in [6.07, 6.45) is 0. The Morgan fingerprint density at radius 1 is 1.19 bits per heavy atom. The summed E-state index contributed by atoms with van der Waals surface area (Å²) in [7, 11) is 0. The lowest BCUT2D eigenvalue weighted by Crippen LogP contribution is -2.15. The number of thiazole rings is 1. The molecule has 0 radical (unpaired) electrons. The number of nitrogens with zero attached hydrogens (tertiary/aromatic N) is 1. The highest BCUT2D eigenvalue weighted by molar-refractivity contribution is 9.10. The van der Waals surface area contributed by atoms with Gasteiger partial charge in [-0.15, -0.1) is 11.3 Å². The predicted molar refractivity (Wildman–Crippen MR) is 108 cm³/mol. The number of ether oxygens (including phenoxy) is 3. The van der Waals surface area contributed by atoms with E-state index in [0.29, 0.717) is 42.0 Å². The zero-order valence-electron chi connectivity index (χ0n) is 14.5. The highest BCUT2D eigenvalue weighted by Crippen LogP contribution is 2.44. The molecule has 0 unspecified atom stereocenters. The van der Waals surface area contributed by atoms with Gasteiger partial charge in [0.2, 0.25) is 5.01 Å². The van der Waals surface area contributed by atoms with E-state index in [4.69, 9.17) is 14.2 Å². The first-order valence-corrected chi connectivity index (χ1v) is 10.1. The van der Waals surface area contributed by atoms with Crippen LogP contribution in [0.15, 0.2) is 46.9 Å².